The maximum Gasteiger partial charge on any atom is 0.416 e. The molecule has 0 fully saturated rings. The first-order chi connectivity index (χ1) is 18.4. The first-order valence-corrected chi connectivity index (χ1v) is 12.9. The zero-order valence-electron chi connectivity index (χ0n) is 19.8. The number of hydrogen-bond acceptors (Lipinski definition) is 5. The number of hydrogen-bond donors (Lipinski definition) is 1. The van der Waals surface area contributed by atoms with Gasteiger partial charge in [0.15, 0.2) is 0 Å². The van der Waals surface area contributed by atoms with Crippen molar-refractivity contribution < 1.29 is 39.4 Å². The Bertz CT molecular complexity index is 1580. The van der Waals surface area contributed by atoms with Gasteiger partial charge in [-0.15, -0.1) is 0 Å². The molecule has 0 atom stereocenters. The summed E-state index contributed by atoms with van der Waals surface area (Å²) >= 11 is 5.79. The van der Waals surface area contributed by atoms with Crippen molar-refractivity contribution >= 4 is 33.4 Å². The van der Waals surface area contributed by atoms with Gasteiger partial charge in [0.2, 0.25) is 0 Å². The summed E-state index contributed by atoms with van der Waals surface area (Å²) in [6, 6.07) is 15.3. The molecular weight excluding hydrogens is 564 g/mol. The number of urea groups is 1. The van der Waals surface area contributed by atoms with Gasteiger partial charge in [0.25, 0.3) is 0 Å². The lowest BCUT2D eigenvalue weighted by molar-refractivity contribution is -0.137. The van der Waals surface area contributed by atoms with Crippen molar-refractivity contribution in [2.75, 3.05) is 5.32 Å². The molecule has 13 heteroatoms. The van der Waals surface area contributed by atoms with E-state index in [-0.39, 0.29) is 29.5 Å². The molecule has 0 saturated heterocycles. The molecule has 0 aliphatic carbocycles. The smallest absolute Gasteiger partial charge is 0.416 e. The predicted molar refractivity (Wildman–Crippen MR) is 134 cm³/mol. The van der Waals surface area contributed by atoms with Gasteiger partial charge in [0.05, 0.1) is 23.4 Å². The van der Waals surface area contributed by atoms with Crippen molar-refractivity contribution in [1.82, 2.24) is 4.90 Å². The molecule has 0 aliphatic heterocycles. The van der Waals surface area contributed by atoms with Crippen molar-refractivity contribution in [2.45, 2.75) is 24.2 Å². The summed E-state index contributed by atoms with van der Waals surface area (Å²) in [7, 11) is -4.60. The summed E-state index contributed by atoms with van der Waals surface area (Å²) in [5.41, 5.74) is -0.464. The van der Waals surface area contributed by atoms with E-state index in [1.165, 1.54) is 41.5 Å². The lowest BCUT2D eigenvalue weighted by atomic mass is 10.2. The monoisotopic (exact) mass is 582 g/mol. The zero-order valence-corrected chi connectivity index (χ0v) is 21.4. The zero-order chi connectivity index (χ0) is 28.2. The van der Waals surface area contributed by atoms with Gasteiger partial charge in [-0.1, -0.05) is 29.8 Å². The summed E-state index contributed by atoms with van der Waals surface area (Å²) in [6.45, 7) is -0.0381. The number of nitrogens with zero attached hydrogens (tertiary/aromatic N) is 1. The van der Waals surface area contributed by atoms with Crippen LogP contribution in [0.25, 0.3) is 0 Å². The fourth-order valence-corrected chi connectivity index (χ4v) is 4.64. The van der Waals surface area contributed by atoms with Crippen molar-refractivity contribution in [3.05, 3.63) is 113 Å². The van der Waals surface area contributed by atoms with Crippen molar-refractivity contribution in [1.29, 1.82) is 0 Å². The number of halogens is 5. The number of nitrogens with one attached hydrogen (secondary N) is 1. The summed E-state index contributed by atoms with van der Waals surface area (Å²) < 4.78 is 88.4. The largest absolute Gasteiger partial charge is 0.467 e. The third-order valence-electron chi connectivity index (χ3n) is 5.31. The second-order valence-corrected chi connectivity index (χ2v) is 10.2. The Balaban J connectivity index is 1.54. The van der Waals surface area contributed by atoms with E-state index < -0.39 is 38.6 Å². The second-order valence-electron chi connectivity index (χ2n) is 8.20. The minimum atomic E-state index is -4.73. The molecule has 2 amide bonds. The van der Waals surface area contributed by atoms with Crippen LogP contribution >= 0.6 is 11.6 Å². The van der Waals surface area contributed by atoms with Crippen LogP contribution in [0.15, 0.2) is 94.4 Å². The van der Waals surface area contributed by atoms with Crippen LogP contribution in [0.4, 0.5) is 28.0 Å². The van der Waals surface area contributed by atoms with Gasteiger partial charge in [0, 0.05) is 12.2 Å². The van der Waals surface area contributed by atoms with E-state index >= 15 is 0 Å². The molecular formula is C26H19ClF4N2O5S. The highest BCUT2D eigenvalue weighted by Crippen LogP contribution is 2.31. The van der Waals surface area contributed by atoms with Crippen LogP contribution in [0, 0.1) is 5.82 Å². The Morgan fingerprint density at radius 2 is 1.74 bits per heavy atom. The molecule has 0 unspecified atom stereocenters. The van der Waals surface area contributed by atoms with Crippen LogP contribution in [0.1, 0.15) is 16.9 Å². The lowest BCUT2D eigenvalue weighted by Crippen LogP contribution is -2.34. The van der Waals surface area contributed by atoms with Gasteiger partial charge in [-0.3, -0.25) is 0 Å². The van der Waals surface area contributed by atoms with Gasteiger partial charge in [0.1, 0.15) is 22.2 Å². The van der Waals surface area contributed by atoms with E-state index in [2.05, 4.69) is 5.32 Å². The van der Waals surface area contributed by atoms with E-state index in [1.807, 2.05) is 0 Å². The van der Waals surface area contributed by atoms with Crippen molar-refractivity contribution in [3.8, 4) is 5.75 Å². The van der Waals surface area contributed by atoms with Crippen LogP contribution in [-0.2, 0) is 29.4 Å². The quantitative estimate of drug-likeness (QED) is 0.177. The summed E-state index contributed by atoms with van der Waals surface area (Å²) in [5, 5.41) is 2.43. The topological polar surface area (TPSA) is 88.9 Å². The molecule has 1 heterocycles. The molecule has 0 radical (unpaired) electrons. The maximum absolute atomic E-state index is 13.5. The molecule has 3 aromatic carbocycles. The third-order valence-corrected chi connectivity index (χ3v) is 6.85. The Morgan fingerprint density at radius 3 is 2.44 bits per heavy atom. The molecule has 0 spiro atoms. The van der Waals surface area contributed by atoms with E-state index in [4.69, 9.17) is 20.2 Å². The summed E-state index contributed by atoms with van der Waals surface area (Å²) in [6.07, 6.45) is -3.30. The fourth-order valence-electron chi connectivity index (χ4n) is 3.49. The first-order valence-electron chi connectivity index (χ1n) is 11.1. The van der Waals surface area contributed by atoms with E-state index in [1.54, 1.807) is 18.2 Å². The number of benzene rings is 3. The Labute approximate surface area is 225 Å². The highest BCUT2D eigenvalue weighted by atomic mass is 35.5. The van der Waals surface area contributed by atoms with Crippen LogP contribution < -0.4 is 9.50 Å². The van der Waals surface area contributed by atoms with Crippen molar-refractivity contribution in [3.63, 3.8) is 0 Å². The molecule has 204 valence electrons. The van der Waals surface area contributed by atoms with Crippen LogP contribution in [0.5, 0.6) is 5.75 Å². The normalized spacial score (nSPS) is 11.7. The molecule has 1 aromatic heterocycles. The van der Waals surface area contributed by atoms with Gasteiger partial charge in [-0.25, -0.2) is 9.18 Å². The summed E-state index contributed by atoms with van der Waals surface area (Å²) in [5.74, 6) is -0.380. The average molecular weight is 583 g/mol. The van der Waals surface area contributed by atoms with Gasteiger partial charge in [-0.05, 0) is 66.2 Å². The fraction of sp³-hybridized carbons (Fsp3) is 0.115. The average Bonchev–Trinajstić information content (AvgIpc) is 3.39. The number of carbonyl (C=O) groups is 1. The minimum Gasteiger partial charge on any atom is -0.467 e. The second kappa shape index (κ2) is 11.4. The van der Waals surface area contributed by atoms with E-state index in [0.717, 1.165) is 24.3 Å². The van der Waals surface area contributed by atoms with Gasteiger partial charge < -0.3 is 18.8 Å². The standard InChI is InChI=1S/C26H19ClF4N2O5S/c27-23-14-19(9-10-24(23)28)32-25(34)33(16-21-7-3-11-37-21)15-17-4-1-6-20(12-17)38-39(35,36)22-8-2-5-18(13-22)26(29,30)31/h1-14H,15-16H2,(H,32,34). The Morgan fingerprint density at radius 1 is 0.974 bits per heavy atom. The highest BCUT2D eigenvalue weighted by molar-refractivity contribution is 7.87. The minimum absolute atomic E-state index is 0.0153. The molecule has 4 aromatic rings. The molecule has 0 aliphatic rings. The number of rotatable bonds is 8. The molecule has 39 heavy (non-hydrogen) atoms. The highest BCUT2D eigenvalue weighted by Gasteiger charge is 2.32. The van der Waals surface area contributed by atoms with Gasteiger partial charge >= 0.3 is 22.3 Å². The predicted octanol–water partition coefficient (Wildman–Crippen LogP) is 7.09. The number of amides is 2. The van der Waals surface area contributed by atoms with E-state index in [9.17, 15) is 30.8 Å². The van der Waals surface area contributed by atoms with Gasteiger partial charge in [-0.2, -0.15) is 21.6 Å². The SMILES string of the molecule is O=C(Nc1ccc(F)c(Cl)c1)N(Cc1cccc(OS(=O)(=O)c2cccc(C(F)(F)F)c2)c1)Cc1ccco1. The third kappa shape index (κ3) is 7.30. The number of anilines is 1. The van der Waals surface area contributed by atoms with Crippen molar-refractivity contribution in [2.24, 2.45) is 0 Å². The van der Waals surface area contributed by atoms with Crippen LogP contribution in [-0.4, -0.2) is 19.3 Å². The van der Waals surface area contributed by atoms with E-state index in [0.29, 0.717) is 17.4 Å². The molecule has 4 rings (SSSR count). The summed E-state index contributed by atoms with van der Waals surface area (Å²) in [4.78, 5) is 13.7. The van der Waals surface area contributed by atoms with Crippen LogP contribution in [0.3, 0.4) is 0 Å². The Hall–Kier alpha value is -4.03. The number of furan rings is 1. The molecule has 0 saturated carbocycles. The lowest BCUT2D eigenvalue weighted by Gasteiger charge is -2.23. The molecule has 0 bridgehead atoms. The first kappa shape index (κ1) is 28.0. The number of carbonyl (C=O) groups excluding carboxylic acids is 1. The number of alkyl halides is 3. The molecule has 1 N–H and O–H groups in total. The maximum atomic E-state index is 13.5. The van der Waals surface area contributed by atoms with Crippen LogP contribution in [0.2, 0.25) is 5.02 Å². The Kier molecular flexibility index (Phi) is 8.17. The molecule has 7 nitrogen and oxygen atoms in total.